The number of benzene rings is 1. The van der Waals surface area contributed by atoms with Gasteiger partial charge in [0.2, 0.25) is 0 Å². The van der Waals surface area contributed by atoms with E-state index in [1.54, 1.807) is 6.20 Å². The molecule has 0 aliphatic rings. The second kappa shape index (κ2) is 6.05. The van der Waals surface area contributed by atoms with E-state index in [2.05, 4.69) is 23.4 Å². The zero-order chi connectivity index (χ0) is 13.7. The van der Waals surface area contributed by atoms with Crippen LogP contribution in [-0.2, 0) is 6.54 Å². The number of rotatable bonds is 5. The Morgan fingerprint density at radius 2 is 2.32 bits per heavy atom. The molecule has 2 aromatic rings. The van der Waals surface area contributed by atoms with Gasteiger partial charge in [-0.15, -0.1) is 0 Å². The van der Waals surface area contributed by atoms with E-state index < -0.39 is 0 Å². The van der Waals surface area contributed by atoms with Crippen molar-refractivity contribution >= 4 is 5.69 Å². The SMILES string of the molecule is CCCn1cc(C(C#N)Nc2cccc(C)c2)cn1. The smallest absolute Gasteiger partial charge is 0.143 e. The number of aryl methyl sites for hydroxylation is 2. The van der Waals surface area contributed by atoms with Crippen molar-refractivity contribution in [2.75, 3.05) is 5.32 Å². The maximum absolute atomic E-state index is 9.30. The van der Waals surface area contributed by atoms with Gasteiger partial charge in [0.1, 0.15) is 6.04 Å². The first-order valence-electron chi connectivity index (χ1n) is 6.48. The molecule has 4 heteroatoms. The maximum atomic E-state index is 9.30. The molecule has 0 fully saturated rings. The highest BCUT2D eigenvalue weighted by Crippen LogP contribution is 2.19. The molecule has 0 amide bonds. The lowest BCUT2D eigenvalue weighted by atomic mass is 10.1. The first-order chi connectivity index (χ1) is 9.22. The Morgan fingerprint density at radius 3 is 3.00 bits per heavy atom. The molecule has 0 saturated heterocycles. The zero-order valence-electron chi connectivity index (χ0n) is 11.3. The largest absolute Gasteiger partial charge is 0.366 e. The Morgan fingerprint density at radius 1 is 1.47 bits per heavy atom. The predicted octanol–water partition coefficient (Wildman–Crippen LogP) is 3.28. The van der Waals surface area contributed by atoms with Gasteiger partial charge in [-0.1, -0.05) is 19.1 Å². The summed E-state index contributed by atoms with van der Waals surface area (Å²) >= 11 is 0. The number of nitriles is 1. The zero-order valence-corrected chi connectivity index (χ0v) is 11.3. The van der Waals surface area contributed by atoms with E-state index in [4.69, 9.17) is 0 Å². The lowest BCUT2D eigenvalue weighted by Crippen LogP contribution is -2.07. The second-order valence-electron chi connectivity index (χ2n) is 4.61. The van der Waals surface area contributed by atoms with Crippen LogP contribution in [0.25, 0.3) is 0 Å². The second-order valence-corrected chi connectivity index (χ2v) is 4.61. The lowest BCUT2D eigenvalue weighted by molar-refractivity contribution is 0.602. The number of anilines is 1. The third-order valence-electron chi connectivity index (χ3n) is 2.90. The van der Waals surface area contributed by atoms with Crippen LogP contribution in [0.4, 0.5) is 5.69 Å². The summed E-state index contributed by atoms with van der Waals surface area (Å²) in [6.45, 7) is 5.02. The van der Waals surface area contributed by atoms with Crippen LogP contribution in [-0.4, -0.2) is 9.78 Å². The molecule has 0 aliphatic heterocycles. The average molecular weight is 254 g/mol. The highest BCUT2D eigenvalue weighted by Gasteiger charge is 2.12. The Balaban J connectivity index is 2.13. The number of nitrogens with zero attached hydrogens (tertiary/aromatic N) is 3. The summed E-state index contributed by atoms with van der Waals surface area (Å²) < 4.78 is 1.87. The molecule has 0 bridgehead atoms. The summed E-state index contributed by atoms with van der Waals surface area (Å²) in [4.78, 5) is 0. The molecular weight excluding hydrogens is 236 g/mol. The first-order valence-corrected chi connectivity index (χ1v) is 6.48. The van der Waals surface area contributed by atoms with E-state index >= 15 is 0 Å². The van der Waals surface area contributed by atoms with E-state index in [-0.39, 0.29) is 6.04 Å². The quantitative estimate of drug-likeness (QED) is 0.890. The van der Waals surface area contributed by atoms with Gasteiger partial charge in [0.05, 0.1) is 12.3 Å². The third-order valence-corrected chi connectivity index (χ3v) is 2.90. The molecule has 1 aromatic carbocycles. The highest BCUT2D eigenvalue weighted by atomic mass is 15.3. The molecule has 1 heterocycles. The molecule has 0 aliphatic carbocycles. The van der Waals surface area contributed by atoms with Gasteiger partial charge < -0.3 is 5.32 Å². The molecule has 1 atom stereocenters. The molecule has 1 aromatic heterocycles. The molecular formula is C15H18N4. The number of hydrogen-bond donors (Lipinski definition) is 1. The molecule has 0 radical (unpaired) electrons. The Hall–Kier alpha value is -2.28. The molecule has 2 rings (SSSR count). The van der Waals surface area contributed by atoms with Gasteiger partial charge in [-0.2, -0.15) is 10.4 Å². The average Bonchev–Trinajstić information content (AvgIpc) is 2.85. The van der Waals surface area contributed by atoms with Crippen LogP contribution in [0.15, 0.2) is 36.7 Å². The van der Waals surface area contributed by atoms with Crippen molar-refractivity contribution in [3.8, 4) is 6.07 Å². The maximum Gasteiger partial charge on any atom is 0.143 e. The lowest BCUT2D eigenvalue weighted by Gasteiger charge is -2.11. The van der Waals surface area contributed by atoms with Crippen molar-refractivity contribution < 1.29 is 0 Å². The standard InChI is InChI=1S/C15H18N4/c1-3-7-19-11-13(10-17-19)15(9-16)18-14-6-4-5-12(2)8-14/h4-6,8,10-11,15,18H,3,7H2,1-2H3. The van der Waals surface area contributed by atoms with E-state index in [0.717, 1.165) is 24.2 Å². The minimum Gasteiger partial charge on any atom is -0.366 e. The van der Waals surface area contributed by atoms with Crippen molar-refractivity contribution in [2.45, 2.75) is 32.9 Å². The van der Waals surface area contributed by atoms with Crippen LogP contribution in [0.3, 0.4) is 0 Å². The Bertz CT molecular complexity index is 580. The summed E-state index contributed by atoms with van der Waals surface area (Å²) in [5.74, 6) is 0. The van der Waals surface area contributed by atoms with Gasteiger partial charge in [-0.3, -0.25) is 4.68 Å². The molecule has 19 heavy (non-hydrogen) atoms. The van der Waals surface area contributed by atoms with Crippen molar-refractivity contribution in [3.05, 3.63) is 47.8 Å². The Kier molecular flexibility index (Phi) is 4.19. The summed E-state index contributed by atoms with van der Waals surface area (Å²) in [6, 6.07) is 9.92. The van der Waals surface area contributed by atoms with Crippen LogP contribution in [0.5, 0.6) is 0 Å². The first kappa shape index (κ1) is 13.2. The number of hydrogen-bond acceptors (Lipinski definition) is 3. The molecule has 1 N–H and O–H groups in total. The van der Waals surface area contributed by atoms with E-state index in [9.17, 15) is 5.26 Å². The fourth-order valence-electron chi connectivity index (χ4n) is 1.97. The van der Waals surface area contributed by atoms with Gasteiger partial charge in [0, 0.05) is 24.0 Å². The molecule has 1 unspecified atom stereocenters. The van der Waals surface area contributed by atoms with Gasteiger partial charge >= 0.3 is 0 Å². The summed E-state index contributed by atoms with van der Waals surface area (Å²) in [7, 11) is 0. The monoisotopic (exact) mass is 254 g/mol. The van der Waals surface area contributed by atoms with E-state index in [0.29, 0.717) is 0 Å². The van der Waals surface area contributed by atoms with Crippen LogP contribution >= 0.6 is 0 Å². The van der Waals surface area contributed by atoms with Gasteiger partial charge in [-0.05, 0) is 31.0 Å². The van der Waals surface area contributed by atoms with E-state index in [1.807, 2.05) is 42.1 Å². The molecule has 0 spiro atoms. The summed E-state index contributed by atoms with van der Waals surface area (Å²) in [6.07, 6.45) is 4.72. The summed E-state index contributed by atoms with van der Waals surface area (Å²) in [5.41, 5.74) is 3.02. The molecule has 4 nitrogen and oxygen atoms in total. The topological polar surface area (TPSA) is 53.6 Å². The third kappa shape index (κ3) is 3.35. The highest BCUT2D eigenvalue weighted by molar-refractivity contribution is 5.48. The van der Waals surface area contributed by atoms with Crippen LogP contribution in [0, 0.1) is 18.3 Å². The minimum absolute atomic E-state index is 0.368. The van der Waals surface area contributed by atoms with Crippen molar-refractivity contribution in [1.82, 2.24) is 9.78 Å². The Labute approximate surface area is 113 Å². The van der Waals surface area contributed by atoms with Crippen LogP contribution in [0.2, 0.25) is 0 Å². The minimum atomic E-state index is -0.368. The fourth-order valence-corrected chi connectivity index (χ4v) is 1.97. The number of nitrogens with one attached hydrogen (secondary N) is 1. The number of aromatic nitrogens is 2. The van der Waals surface area contributed by atoms with E-state index in [1.165, 1.54) is 5.56 Å². The predicted molar refractivity (Wildman–Crippen MR) is 75.7 cm³/mol. The molecule has 98 valence electrons. The normalized spacial score (nSPS) is 11.8. The summed E-state index contributed by atoms with van der Waals surface area (Å²) in [5, 5.41) is 16.8. The van der Waals surface area contributed by atoms with Crippen LogP contribution in [0.1, 0.15) is 30.5 Å². The van der Waals surface area contributed by atoms with Crippen LogP contribution < -0.4 is 5.32 Å². The van der Waals surface area contributed by atoms with Gasteiger partial charge in [-0.25, -0.2) is 0 Å². The van der Waals surface area contributed by atoms with Gasteiger partial charge in [0.25, 0.3) is 0 Å². The van der Waals surface area contributed by atoms with Crippen molar-refractivity contribution in [1.29, 1.82) is 5.26 Å². The van der Waals surface area contributed by atoms with Crippen molar-refractivity contribution in [2.24, 2.45) is 0 Å². The molecule has 0 saturated carbocycles. The van der Waals surface area contributed by atoms with Gasteiger partial charge in [0.15, 0.2) is 0 Å². The fraction of sp³-hybridized carbons (Fsp3) is 0.333. The van der Waals surface area contributed by atoms with Crippen molar-refractivity contribution in [3.63, 3.8) is 0 Å².